The van der Waals surface area contributed by atoms with Crippen LogP contribution >= 0.6 is 0 Å². The zero-order chi connectivity index (χ0) is 22.6. The molecule has 1 fully saturated rings. The lowest BCUT2D eigenvalue weighted by Gasteiger charge is -2.23. The van der Waals surface area contributed by atoms with Crippen LogP contribution in [0.15, 0.2) is 53.4 Å². The molecule has 166 valence electrons. The number of esters is 1. The Morgan fingerprint density at radius 3 is 2.32 bits per heavy atom. The van der Waals surface area contributed by atoms with E-state index in [1.165, 1.54) is 19.1 Å². The van der Waals surface area contributed by atoms with Gasteiger partial charge in [0.15, 0.2) is 0 Å². The minimum absolute atomic E-state index is 0.0769. The van der Waals surface area contributed by atoms with Gasteiger partial charge in [-0.05, 0) is 50.2 Å². The van der Waals surface area contributed by atoms with E-state index in [0.29, 0.717) is 18.0 Å². The van der Waals surface area contributed by atoms with Gasteiger partial charge < -0.3 is 14.8 Å². The number of hydrogen-bond acceptors (Lipinski definition) is 6. The van der Waals surface area contributed by atoms with E-state index in [1.54, 1.807) is 36.4 Å². The first-order valence-corrected chi connectivity index (χ1v) is 11.4. The van der Waals surface area contributed by atoms with Crippen molar-refractivity contribution < 1.29 is 27.5 Å². The van der Waals surface area contributed by atoms with Crippen molar-refractivity contribution in [2.45, 2.75) is 44.2 Å². The number of sulfonamides is 1. The number of amides is 1. The third kappa shape index (κ3) is 5.42. The second-order valence-corrected chi connectivity index (χ2v) is 9.21. The van der Waals surface area contributed by atoms with Crippen LogP contribution in [-0.2, 0) is 24.3 Å². The molecule has 1 N–H and O–H groups in total. The summed E-state index contributed by atoms with van der Waals surface area (Å²) in [6.45, 7) is 5.43. The van der Waals surface area contributed by atoms with Gasteiger partial charge in [0.1, 0.15) is 17.9 Å². The molecule has 1 heterocycles. The molecular formula is C22H26N2O6S. The monoisotopic (exact) mass is 446 g/mol. The smallest absolute Gasteiger partial charge is 0.302 e. The van der Waals surface area contributed by atoms with Crippen LogP contribution in [0.3, 0.4) is 0 Å². The fraction of sp³-hybridized carbons (Fsp3) is 0.364. The molecule has 8 nitrogen and oxygen atoms in total. The predicted octanol–water partition coefficient (Wildman–Crippen LogP) is 2.73. The lowest BCUT2D eigenvalue weighted by atomic mass is 10.2. The van der Waals surface area contributed by atoms with Crippen molar-refractivity contribution in [1.29, 1.82) is 0 Å². The quantitative estimate of drug-likeness (QED) is 0.656. The number of hydrogen-bond donors (Lipinski definition) is 1. The summed E-state index contributed by atoms with van der Waals surface area (Å²) in [5.41, 5.74) is 1.43. The number of carbonyl (C=O) groups is 2. The van der Waals surface area contributed by atoms with Crippen LogP contribution in [0.1, 0.15) is 25.8 Å². The van der Waals surface area contributed by atoms with Gasteiger partial charge in [-0.2, -0.15) is 4.31 Å². The number of nitrogens with one attached hydrogen (secondary N) is 1. The Morgan fingerprint density at radius 2 is 1.74 bits per heavy atom. The SMILES string of the molecule is CCOc1ccc(NC(=O)C2CC(OC(C)=O)CN2S(=O)(=O)c2ccc(C)cc2)cc1. The number of nitrogens with zero attached hydrogens (tertiary/aromatic N) is 1. The summed E-state index contributed by atoms with van der Waals surface area (Å²) in [5, 5.41) is 2.75. The Labute approximate surface area is 182 Å². The summed E-state index contributed by atoms with van der Waals surface area (Å²) < 4.78 is 38.2. The molecule has 0 aliphatic carbocycles. The Morgan fingerprint density at radius 1 is 1.10 bits per heavy atom. The molecule has 31 heavy (non-hydrogen) atoms. The molecule has 2 aromatic carbocycles. The van der Waals surface area contributed by atoms with E-state index < -0.39 is 34.0 Å². The number of carbonyl (C=O) groups excluding carboxylic acids is 2. The fourth-order valence-electron chi connectivity index (χ4n) is 3.46. The van der Waals surface area contributed by atoms with Crippen molar-refractivity contribution in [1.82, 2.24) is 4.31 Å². The van der Waals surface area contributed by atoms with Crippen molar-refractivity contribution in [2.75, 3.05) is 18.5 Å². The molecule has 0 spiro atoms. The topological polar surface area (TPSA) is 102 Å². The first kappa shape index (κ1) is 22.8. The van der Waals surface area contributed by atoms with E-state index in [0.717, 1.165) is 9.87 Å². The van der Waals surface area contributed by atoms with Crippen molar-refractivity contribution in [3.05, 3.63) is 54.1 Å². The minimum Gasteiger partial charge on any atom is -0.494 e. The molecule has 1 aliphatic heterocycles. The molecule has 2 atom stereocenters. The van der Waals surface area contributed by atoms with Crippen LogP contribution in [0.4, 0.5) is 5.69 Å². The Kier molecular flexibility index (Phi) is 6.97. The standard InChI is InChI=1S/C22H26N2O6S/c1-4-29-18-9-7-17(8-10-18)23-22(26)21-13-19(30-16(3)25)14-24(21)31(27,28)20-11-5-15(2)6-12-20/h5-12,19,21H,4,13-14H2,1-3H3,(H,23,26). The molecule has 2 unspecified atom stereocenters. The molecular weight excluding hydrogens is 420 g/mol. The Bertz CT molecular complexity index is 1030. The highest BCUT2D eigenvalue weighted by Gasteiger charge is 2.45. The third-order valence-electron chi connectivity index (χ3n) is 4.91. The lowest BCUT2D eigenvalue weighted by molar-refractivity contribution is -0.145. The average Bonchev–Trinajstić information content (AvgIpc) is 3.14. The highest BCUT2D eigenvalue weighted by molar-refractivity contribution is 7.89. The molecule has 0 bridgehead atoms. The minimum atomic E-state index is -3.96. The van der Waals surface area contributed by atoms with Gasteiger partial charge in [0.25, 0.3) is 0 Å². The first-order chi connectivity index (χ1) is 14.7. The van der Waals surface area contributed by atoms with E-state index in [4.69, 9.17) is 9.47 Å². The van der Waals surface area contributed by atoms with E-state index in [1.807, 2.05) is 13.8 Å². The second kappa shape index (κ2) is 9.49. The van der Waals surface area contributed by atoms with Crippen molar-refractivity contribution in [3.63, 3.8) is 0 Å². The summed E-state index contributed by atoms with van der Waals surface area (Å²) in [6, 6.07) is 12.2. The number of anilines is 1. The van der Waals surface area contributed by atoms with E-state index in [-0.39, 0.29) is 17.9 Å². The average molecular weight is 447 g/mol. The summed E-state index contributed by atoms with van der Waals surface area (Å²) in [5.74, 6) is -0.348. The second-order valence-electron chi connectivity index (χ2n) is 7.32. The predicted molar refractivity (Wildman–Crippen MR) is 115 cm³/mol. The third-order valence-corrected chi connectivity index (χ3v) is 6.80. The van der Waals surface area contributed by atoms with Gasteiger partial charge in [-0.25, -0.2) is 8.42 Å². The molecule has 1 amide bonds. The maximum Gasteiger partial charge on any atom is 0.302 e. The van der Waals surface area contributed by atoms with Gasteiger partial charge >= 0.3 is 5.97 Å². The van der Waals surface area contributed by atoms with E-state index in [9.17, 15) is 18.0 Å². The maximum atomic E-state index is 13.2. The van der Waals surface area contributed by atoms with E-state index in [2.05, 4.69) is 5.32 Å². The van der Waals surface area contributed by atoms with Crippen LogP contribution in [0.25, 0.3) is 0 Å². The van der Waals surface area contributed by atoms with Crippen LogP contribution in [0.2, 0.25) is 0 Å². The molecule has 9 heteroatoms. The van der Waals surface area contributed by atoms with Crippen LogP contribution < -0.4 is 10.1 Å². The Hall–Kier alpha value is -2.91. The maximum absolute atomic E-state index is 13.2. The lowest BCUT2D eigenvalue weighted by Crippen LogP contribution is -2.43. The number of benzene rings is 2. The molecule has 1 saturated heterocycles. The van der Waals surface area contributed by atoms with Crippen LogP contribution in [-0.4, -0.2) is 49.9 Å². The van der Waals surface area contributed by atoms with Crippen LogP contribution in [0.5, 0.6) is 5.75 Å². The molecule has 3 rings (SSSR count). The van der Waals surface area contributed by atoms with Gasteiger partial charge in [-0.1, -0.05) is 17.7 Å². The van der Waals surface area contributed by atoms with Crippen molar-refractivity contribution in [3.8, 4) is 5.75 Å². The number of rotatable bonds is 7. The van der Waals surface area contributed by atoms with E-state index >= 15 is 0 Å². The van der Waals surface area contributed by atoms with Gasteiger partial charge in [0.05, 0.1) is 18.0 Å². The molecule has 0 radical (unpaired) electrons. The first-order valence-electron chi connectivity index (χ1n) is 10.00. The van der Waals surface area contributed by atoms with Gasteiger partial charge in [0.2, 0.25) is 15.9 Å². The molecule has 2 aromatic rings. The normalized spacial score (nSPS) is 19.1. The van der Waals surface area contributed by atoms with Gasteiger partial charge in [-0.3, -0.25) is 9.59 Å². The van der Waals surface area contributed by atoms with Crippen molar-refractivity contribution >= 4 is 27.6 Å². The van der Waals surface area contributed by atoms with Crippen molar-refractivity contribution in [2.24, 2.45) is 0 Å². The largest absolute Gasteiger partial charge is 0.494 e. The van der Waals surface area contributed by atoms with Crippen LogP contribution in [0, 0.1) is 6.92 Å². The summed E-state index contributed by atoms with van der Waals surface area (Å²) >= 11 is 0. The fourth-order valence-corrected chi connectivity index (χ4v) is 5.10. The van der Waals surface area contributed by atoms with Gasteiger partial charge in [-0.15, -0.1) is 0 Å². The van der Waals surface area contributed by atoms with Gasteiger partial charge in [0, 0.05) is 19.0 Å². The zero-order valence-electron chi connectivity index (χ0n) is 17.7. The highest BCUT2D eigenvalue weighted by Crippen LogP contribution is 2.29. The summed E-state index contributed by atoms with van der Waals surface area (Å²) in [6.07, 6.45) is -0.623. The zero-order valence-corrected chi connectivity index (χ0v) is 18.5. The molecule has 0 saturated carbocycles. The molecule has 0 aromatic heterocycles. The number of aryl methyl sites for hydroxylation is 1. The number of ether oxygens (including phenoxy) is 2. The summed E-state index contributed by atoms with van der Waals surface area (Å²) in [4.78, 5) is 24.5. The molecule has 1 aliphatic rings. The highest BCUT2D eigenvalue weighted by atomic mass is 32.2. The summed E-state index contributed by atoms with van der Waals surface area (Å²) in [7, 11) is -3.96. The Balaban J connectivity index is 1.84.